The molecule has 1 aromatic carbocycles. The number of aliphatic hydroxyl groups excluding tert-OH is 1. The molecule has 0 atom stereocenters. The number of hydrogen-bond donors (Lipinski definition) is 4. The average Bonchev–Trinajstić information content (AvgIpc) is 2.60. The maximum atomic E-state index is 12.2. The molecule has 4 N–H and O–H groups in total. The van der Waals surface area contributed by atoms with Gasteiger partial charge >= 0.3 is 5.97 Å². The van der Waals surface area contributed by atoms with Crippen molar-refractivity contribution in [3.63, 3.8) is 0 Å². The van der Waals surface area contributed by atoms with Gasteiger partial charge in [0.05, 0.1) is 24.3 Å². The fourth-order valence-corrected chi connectivity index (χ4v) is 2.18. The van der Waals surface area contributed by atoms with Crippen molar-refractivity contribution in [2.45, 2.75) is 26.2 Å². The minimum absolute atomic E-state index is 0.0118. The van der Waals surface area contributed by atoms with Crippen LogP contribution in [0.2, 0.25) is 0 Å². The standard InChI is InChI=1S/C17H23N3O5S/c1-2-25-15(23)9-8-14(22)20-17(26)19-13-7-4-3-6-12(13)16(24)18-10-5-11-21/h3-4,6-7,21H,2,5,8-11H2,1H3,(H,18,24)(H2,19,20,22,26). The Morgan fingerprint density at radius 2 is 1.92 bits per heavy atom. The van der Waals surface area contributed by atoms with Gasteiger partial charge in [0.2, 0.25) is 5.91 Å². The summed E-state index contributed by atoms with van der Waals surface area (Å²) in [7, 11) is 0. The summed E-state index contributed by atoms with van der Waals surface area (Å²) in [4.78, 5) is 35.2. The third-order valence-corrected chi connectivity index (χ3v) is 3.36. The van der Waals surface area contributed by atoms with Crippen molar-refractivity contribution < 1.29 is 24.2 Å². The molecule has 0 saturated heterocycles. The smallest absolute Gasteiger partial charge is 0.306 e. The Balaban J connectivity index is 2.57. The Hall–Kier alpha value is -2.52. The molecule has 0 bridgehead atoms. The summed E-state index contributed by atoms with van der Waals surface area (Å²) >= 11 is 5.07. The average molecular weight is 381 g/mol. The molecule has 0 radical (unpaired) electrons. The van der Waals surface area contributed by atoms with Crippen LogP contribution in [0.3, 0.4) is 0 Å². The Labute approximate surface area is 157 Å². The number of para-hydroxylation sites is 1. The van der Waals surface area contributed by atoms with Gasteiger partial charge in [0.25, 0.3) is 5.91 Å². The molecule has 0 aromatic heterocycles. The SMILES string of the molecule is CCOC(=O)CCC(=O)NC(=S)Nc1ccccc1C(=O)NCCCO. The van der Waals surface area contributed by atoms with Gasteiger partial charge < -0.3 is 25.8 Å². The lowest BCUT2D eigenvalue weighted by molar-refractivity contribution is -0.144. The number of carbonyl (C=O) groups excluding carboxylic acids is 3. The quantitative estimate of drug-likeness (QED) is 0.286. The van der Waals surface area contributed by atoms with Crippen LogP contribution in [0.15, 0.2) is 24.3 Å². The lowest BCUT2D eigenvalue weighted by Gasteiger charge is -2.13. The highest BCUT2D eigenvalue weighted by Gasteiger charge is 2.13. The molecule has 0 fully saturated rings. The van der Waals surface area contributed by atoms with E-state index in [0.717, 1.165) is 0 Å². The minimum Gasteiger partial charge on any atom is -0.466 e. The van der Waals surface area contributed by atoms with E-state index in [1.807, 2.05) is 0 Å². The van der Waals surface area contributed by atoms with Crippen LogP contribution in [0.25, 0.3) is 0 Å². The number of ether oxygens (including phenoxy) is 1. The number of aliphatic hydroxyl groups is 1. The number of rotatable bonds is 9. The third kappa shape index (κ3) is 8.04. The zero-order chi connectivity index (χ0) is 19.4. The van der Waals surface area contributed by atoms with E-state index in [4.69, 9.17) is 22.1 Å². The maximum absolute atomic E-state index is 12.2. The number of carbonyl (C=O) groups is 3. The van der Waals surface area contributed by atoms with Crippen LogP contribution in [-0.2, 0) is 14.3 Å². The summed E-state index contributed by atoms with van der Waals surface area (Å²) in [5.74, 6) is -1.20. The van der Waals surface area contributed by atoms with Gasteiger partial charge in [0.15, 0.2) is 5.11 Å². The molecule has 8 nitrogen and oxygen atoms in total. The van der Waals surface area contributed by atoms with Crippen LogP contribution in [0, 0.1) is 0 Å². The number of anilines is 1. The summed E-state index contributed by atoms with van der Waals surface area (Å²) in [6, 6.07) is 6.69. The van der Waals surface area contributed by atoms with Gasteiger partial charge in [0, 0.05) is 19.6 Å². The summed E-state index contributed by atoms with van der Waals surface area (Å²) < 4.78 is 4.75. The van der Waals surface area contributed by atoms with E-state index in [1.165, 1.54) is 0 Å². The van der Waals surface area contributed by atoms with Gasteiger partial charge in [0.1, 0.15) is 0 Å². The van der Waals surface area contributed by atoms with Crippen molar-refractivity contribution >= 4 is 40.8 Å². The predicted octanol–water partition coefficient (Wildman–Crippen LogP) is 0.955. The van der Waals surface area contributed by atoms with Crippen molar-refractivity contribution in [1.82, 2.24) is 10.6 Å². The first-order chi connectivity index (χ1) is 12.5. The second-order valence-corrected chi connectivity index (χ2v) is 5.59. The molecular weight excluding hydrogens is 358 g/mol. The van der Waals surface area contributed by atoms with Gasteiger partial charge in [-0.1, -0.05) is 12.1 Å². The predicted molar refractivity (Wildman–Crippen MR) is 101 cm³/mol. The second kappa shape index (κ2) is 11.9. The molecule has 0 unspecified atom stereocenters. The van der Waals surface area contributed by atoms with E-state index in [9.17, 15) is 14.4 Å². The Bertz CT molecular complexity index is 651. The molecule has 2 amide bonds. The van der Waals surface area contributed by atoms with E-state index in [-0.39, 0.29) is 37.1 Å². The van der Waals surface area contributed by atoms with Gasteiger partial charge in [-0.05, 0) is 37.7 Å². The van der Waals surface area contributed by atoms with Crippen LogP contribution in [0.4, 0.5) is 5.69 Å². The number of esters is 1. The molecule has 0 heterocycles. The third-order valence-electron chi connectivity index (χ3n) is 3.15. The van der Waals surface area contributed by atoms with E-state index in [0.29, 0.717) is 24.2 Å². The lowest BCUT2D eigenvalue weighted by atomic mass is 10.1. The van der Waals surface area contributed by atoms with Gasteiger partial charge in [-0.15, -0.1) is 0 Å². The monoisotopic (exact) mass is 381 g/mol. The molecule has 1 aromatic rings. The molecule has 0 spiro atoms. The Morgan fingerprint density at radius 1 is 1.19 bits per heavy atom. The molecule has 0 aliphatic carbocycles. The highest BCUT2D eigenvalue weighted by Crippen LogP contribution is 2.14. The normalized spacial score (nSPS) is 9.92. The highest BCUT2D eigenvalue weighted by atomic mass is 32.1. The second-order valence-electron chi connectivity index (χ2n) is 5.19. The lowest BCUT2D eigenvalue weighted by Crippen LogP contribution is -2.35. The molecule has 1 rings (SSSR count). The highest BCUT2D eigenvalue weighted by molar-refractivity contribution is 7.80. The first-order valence-corrected chi connectivity index (χ1v) is 8.63. The van der Waals surface area contributed by atoms with Crippen LogP contribution in [0.5, 0.6) is 0 Å². The summed E-state index contributed by atoms with van der Waals surface area (Å²) in [6.07, 6.45) is 0.367. The fraction of sp³-hybridized carbons (Fsp3) is 0.412. The Morgan fingerprint density at radius 3 is 2.62 bits per heavy atom. The van der Waals surface area contributed by atoms with Crippen molar-refractivity contribution in [3.05, 3.63) is 29.8 Å². The van der Waals surface area contributed by atoms with Gasteiger partial charge in [-0.25, -0.2) is 0 Å². The van der Waals surface area contributed by atoms with Gasteiger partial charge in [-0.2, -0.15) is 0 Å². The van der Waals surface area contributed by atoms with E-state index < -0.39 is 11.9 Å². The number of benzene rings is 1. The molecule has 0 saturated carbocycles. The van der Waals surface area contributed by atoms with Crippen molar-refractivity contribution in [3.8, 4) is 0 Å². The fourth-order valence-electron chi connectivity index (χ4n) is 1.96. The number of hydrogen-bond acceptors (Lipinski definition) is 6. The number of nitrogens with one attached hydrogen (secondary N) is 3. The molecule has 26 heavy (non-hydrogen) atoms. The summed E-state index contributed by atoms with van der Waals surface area (Å²) in [5, 5.41) is 16.7. The van der Waals surface area contributed by atoms with Crippen LogP contribution in [0.1, 0.15) is 36.5 Å². The van der Waals surface area contributed by atoms with E-state index in [2.05, 4.69) is 16.0 Å². The number of amides is 2. The largest absolute Gasteiger partial charge is 0.466 e. The van der Waals surface area contributed by atoms with Crippen LogP contribution < -0.4 is 16.0 Å². The summed E-state index contributed by atoms with van der Waals surface area (Å²) in [5.41, 5.74) is 0.790. The first-order valence-electron chi connectivity index (χ1n) is 8.22. The molecule has 142 valence electrons. The molecule has 0 aliphatic heterocycles. The van der Waals surface area contributed by atoms with Crippen LogP contribution in [-0.4, -0.2) is 47.8 Å². The maximum Gasteiger partial charge on any atom is 0.306 e. The zero-order valence-electron chi connectivity index (χ0n) is 14.5. The Kier molecular flexibility index (Phi) is 9.88. The van der Waals surface area contributed by atoms with E-state index >= 15 is 0 Å². The molecular formula is C17H23N3O5S. The zero-order valence-corrected chi connectivity index (χ0v) is 15.4. The minimum atomic E-state index is -0.452. The summed E-state index contributed by atoms with van der Waals surface area (Å²) in [6.45, 7) is 2.28. The van der Waals surface area contributed by atoms with Gasteiger partial charge in [-0.3, -0.25) is 14.4 Å². The molecule has 0 aliphatic rings. The van der Waals surface area contributed by atoms with E-state index in [1.54, 1.807) is 31.2 Å². The topological polar surface area (TPSA) is 117 Å². The first kappa shape index (κ1) is 21.5. The number of thiocarbonyl (C=S) groups is 1. The van der Waals surface area contributed by atoms with Crippen molar-refractivity contribution in [2.24, 2.45) is 0 Å². The van der Waals surface area contributed by atoms with Crippen LogP contribution >= 0.6 is 12.2 Å². The van der Waals surface area contributed by atoms with Crippen molar-refractivity contribution in [2.75, 3.05) is 25.1 Å². The van der Waals surface area contributed by atoms with Crippen molar-refractivity contribution in [1.29, 1.82) is 0 Å². The molecule has 9 heteroatoms.